The van der Waals surface area contributed by atoms with Crippen molar-refractivity contribution in [1.29, 1.82) is 0 Å². The topological polar surface area (TPSA) is 61.7 Å². The minimum Gasteiger partial charge on any atom is -0.339 e. The van der Waals surface area contributed by atoms with Crippen LogP contribution in [0.5, 0.6) is 0 Å². The Labute approximate surface area is 159 Å². The molecule has 1 aromatic carbocycles. The number of anilines is 1. The second kappa shape index (κ2) is 6.72. The SMILES string of the molecule is Cc1cc(C)n([C@H]2CCN(C(=O)CN3C(=O)N(C)Cc4ccccc43)C2)n1. The molecule has 2 aliphatic rings. The molecule has 27 heavy (non-hydrogen) atoms. The average molecular weight is 367 g/mol. The highest BCUT2D eigenvalue weighted by molar-refractivity contribution is 5.99. The molecule has 1 atom stereocenters. The molecule has 142 valence electrons. The maximum atomic E-state index is 12.9. The largest absolute Gasteiger partial charge is 0.339 e. The van der Waals surface area contributed by atoms with Crippen LogP contribution >= 0.6 is 0 Å². The van der Waals surface area contributed by atoms with Crippen LogP contribution in [0.1, 0.15) is 29.4 Å². The van der Waals surface area contributed by atoms with Crippen molar-refractivity contribution in [2.75, 3.05) is 31.6 Å². The quantitative estimate of drug-likeness (QED) is 0.837. The molecule has 1 fully saturated rings. The Hall–Kier alpha value is -2.83. The van der Waals surface area contributed by atoms with Crippen molar-refractivity contribution in [3.8, 4) is 0 Å². The van der Waals surface area contributed by atoms with Gasteiger partial charge in [0.25, 0.3) is 0 Å². The zero-order valence-electron chi connectivity index (χ0n) is 16.1. The summed E-state index contributed by atoms with van der Waals surface area (Å²) in [6, 6.07) is 9.92. The molecule has 0 radical (unpaired) electrons. The second-order valence-electron chi connectivity index (χ2n) is 7.51. The van der Waals surface area contributed by atoms with Crippen molar-refractivity contribution >= 4 is 17.6 Å². The molecule has 3 heterocycles. The zero-order valence-corrected chi connectivity index (χ0v) is 16.1. The van der Waals surface area contributed by atoms with Gasteiger partial charge in [-0.05, 0) is 38.0 Å². The van der Waals surface area contributed by atoms with E-state index in [1.54, 1.807) is 16.8 Å². The van der Waals surface area contributed by atoms with E-state index in [9.17, 15) is 9.59 Å². The Kier molecular flexibility index (Phi) is 4.37. The van der Waals surface area contributed by atoms with Crippen LogP contribution in [0.4, 0.5) is 10.5 Å². The Bertz CT molecular complexity index is 890. The zero-order chi connectivity index (χ0) is 19.1. The van der Waals surface area contributed by atoms with Crippen LogP contribution in [0.25, 0.3) is 0 Å². The fourth-order valence-corrected chi connectivity index (χ4v) is 4.11. The summed E-state index contributed by atoms with van der Waals surface area (Å²) in [5, 5.41) is 4.56. The normalized spacial score (nSPS) is 19.6. The molecular formula is C20H25N5O2. The van der Waals surface area contributed by atoms with E-state index in [4.69, 9.17) is 0 Å². The number of rotatable bonds is 3. The fourth-order valence-electron chi connectivity index (χ4n) is 4.11. The first-order chi connectivity index (χ1) is 12.9. The minimum atomic E-state index is -0.128. The Balaban J connectivity index is 1.48. The number of likely N-dealkylation sites (tertiary alicyclic amines) is 1. The van der Waals surface area contributed by atoms with Crippen molar-refractivity contribution < 1.29 is 9.59 Å². The average Bonchev–Trinajstić information content (AvgIpc) is 3.25. The highest BCUT2D eigenvalue weighted by Gasteiger charge is 2.33. The van der Waals surface area contributed by atoms with Gasteiger partial charge in [0, 0.05) is 32.4 Å². The second-order valence-corrected chi connectivity index (χ2v) is 7.51. The van der Waals surface area contributed by atoms with E-state index in [-0.39, 0.29) is 24.5 Å². The molecule has 0 bridgehead atoms. The van der Waals surface area contributed by atoms with Crippen molar-refractivity contribution in [2.24, 2.45) is 0 Å². The van der Waals surface area contributed by atoms with Gasteiger partial charge in [-0.3, -0.25) is 14.4 Å². The third-order valence-electron chi connectivity index (χ3n) is 5.45. The van der Waals surface area contributed by atoms with Crippen LogP contribution < -0.4 is 4.90 Å². The van der Waals surface area contributed by atoms with Gasteiger partial charge < -0.3 is 9.80 Å². The number of hydrogen-bond donors (Lipinski definition) is 0. The highest BCUT2D eigenvalue weighted by Crippen LogP contribution is 2.28. The number of amides is 3. The summed E-state index contributed by atoms with van der Waals surface area (Å²) >= 11 is 0. The molecule has 0 aliphatic carbocycles. The molecule has 7 nitrogen and oxygen atoms in total. The van der Waals surface area contributed by atoms with E-state index < -0.39 is 0 Å². The summed E-state index contributed by atoms with van der Waals surface area (Å²) in [4.78, 5) is 30.7. The van der Waals surface area contributed by atoms with Gasteiger partial charge in [-0.15, -0.1) is 0 Å². The van der Waals surface area contributed by atoms with Crippen LogP contribution in [-0.4, -0.2) is 58.2 Å². The van der Waals surface area contributed by atoms with Gasteiger partial charge >= 0.3 is 6.03 Å². The maximum absolute atomic E-state index is 12.9. The van der Waals surface area contributed by atoms with Crippen LogP contribution in [0.2, 0.25) is 0 Å². The van der Waals surface area contributed by atoms with Crippen molar-refractivity contribution in [2.45, 2.75) is 32.9 Å². The summed E-state index contributed by atoms with van der Waals surface area (Å²) in [7, 11) is 1.77. The third kappa shape index (κ3) is 3.18. The lowest BCUT2D eigenvalue weighted by Gasteiger charge is -2.35. The minimum absolute atomic E-state index is 0.0162. The molecule has 0 saturated carbocycles. The number of urea groups is 1. The summed E-state index contributed by atoms with van der Waals surface area (Å²) in [6.07, 6.45) is 0.887. The summed E-state index contributed by atoms with van der Waals surface area (Å²) in [6.45, 7) is 6.01. The smallest absolute Gasteiger partial charge is 0.325 e. The number of aryl methyl sites for hydroxylation is 2. The number of aromatic nitrogens is 2. The van der Waals surface area contributed by atoms with E-state index in [0.717, 1.165) is 29.1 Å². The summed E-state index contributed by atoms with van der Waals surface area (Å²) < 4.78 is 2.03. The highest BCUT2D eigenvalue weighted by atomic mass is 16.2. The van der Waals surface area contributed by atoms with E-state index >= 15 is 0 Å². The molecule has 0 spiro atoms. The molecule has 1 aromatic heterocycles. The van der Waals surface area contributed by atoms with Gasteiger partial charge in [-0.25, -0.2) is 4.79 Å². The Morgan fingerprint density at radius 3 is 2.78 bits per heavy atom. The number of benzene rings is 1. The Morgan fingerprint density at radius 1 is 1.26 bits per heavy atom. The van der Waals surface area contributed by atoms with Crippen molar-refractivity contribution in [1.82, 2.24) is 19.6 Å². The first kappa shape index (κ1) is 17.6. The molecule has 0 unspecified atom stereocenters. The Morgan fingerprint density at radius 2 is 2.04 bits per heavy atom. The molecule has 3 amide bonds. The summed E-state index contributed by atoms with van der Waals surface area (Å²) in [5.74, 6) is -0.0162. The third-order valence-corrected chi connectivity index (χ3v) is 5.45. The lowest BCUT2D eigenvalue weighted by Crippen LogP contribution is -2.49. The molecule has 2 aromatic rings. The molecule has 2 aliphatic heterocycles. The van der Waals surface area contributed by atoms with Gasteiger partial charge in [-0.1, -0.05) is 18.2 Å². The fraction of sp³-hybridized carbons (Fsp3) is 0.450. The van der Waals surface area contributed by atoms with Gasteiger partial charge in [0.15, 0.2) is 0 Å². The molecular weight excluding hydrogens is 342 g/mol. The first-order valence-corrected chi connectivity index (χ1v) is 9.35. The van der Waals surface area contributed by atoms with Crippen LogP contribution in [-0.2, 0) is 11.3 Å². The van der Waals surface area contributed by atoms with Gasteiger partial charge in [-0.2, -0.15) is 5.10 Å². The predicted octanol–water partition coefficient (Wildman–Crippen LogP) is 2.35. The van der Waals surface area contributed by atoms with E-state index in [1.165, 1.54) is 0 Å². The van der Waals surface area contributed by atoms with E-state index in [1.807, 2.05) is 47.7 Å². The van der Waals surface area contributed by atoms with Crippen LogP contribution in [0, 0.1) is 13.8 Å². The van der Waals surface area contributed by atoms with Gasteiger partial charge in [0.2, 0.25) is 5.91 Å². The van der Waals surface area contributed by atoms with E-state index in [2.05, 4.69) is 11.2 Å². The van der Waals surface area contributed by atoms with Crippen molar-refractivity contribution in [3.05, 3.63) is 47.3 Å². The van der Waals surface area contributed by atoms with Crippen LogP contribution in [0.3, 0.4) is 0 Å². The predicted molar refractivity (Wildman–Crippen MR) is 103 cm³/mol. The first-order valence-electron chi connectivity index (χ1n) is 9.35. The number of carbonyl (C=O) groups is 2. The van der Waals surface area contributed by atoms with E-state index in [0.29, 0.717) is 19.6 Å². The van der Waals surface area contributed by atoms with Crippen LogP contribution in [0.15, 0.2) is 30.3 Å². The molecule has 0 N–H and O–H groups in total. The number of carbonyl (C=O) groups excluding carboxylic acids is 2. The number of para-hydroxylation sites is 1. The number of nitrogens with zero attached hydrogens (tertiary/aromatic N) is 5. The lowest BCUT2D eigenvalue weighted by atomic mass is 10.1. The maximum Gasteiger partial charge on any atom is 0.325 e. The molecule has 4 rings (SSSR count). The number of fused-ring (bicyclic) bond motifs is 1. The van der Waals surface area contributed by atoms with Gasteiger partial charge in [0.1, 0.15) is 6.54 Å². The van der Waals surface area contributed by atoms with Gasteiger partial charge in [0.05, 0.1) is 17.4 Å². The molecule has 1 saturated heterocycles. The number of hydrogen-bond acceptors (Lipinski definition) is 3. The standard InChI is InChI=1S/C20H25N5O2/c1-14-10-15(2)25(21-14)17-8-9-23(12-17)19(26)13-24-18-7-5-4-6-16(18)11-22(3)20(24)27/h4-7,10,17H,8-9,11-13H2,1-3H3/t17-/m0/s1. The summed E-state index contributed by atoms with van der Waals surface area (Å²) in [5.41, 5.74) is 4.02. The molecule has 7 heteroatoms. The monoisotopic (exact) mass is 367 g/mol. The van der Waals surface area contributed by atoms with Crippen molar-refractivity contribution in [3.63, 3.8) is 0 Å². The lowest BCUT2D eigenvalue weighted by molar-refractivity contribution is -0.128.